The molecule has 2 saturated heterocycles. The molecule has 0 spiro atoms. The van der Waals surface area contributed by atoms with Crippen molar-refractivity contribution in [2.24, 2.45) is 0 Å². The highest BCUT2D eigenvalue weighted by Crippen LogP contribution is 2.25. The molecule has 0 aromatic heterocycles. The van der Waals surface area contributed by atoms with Crippen molar-refractivity contribution < 1.29 is 13.2 Å². The maximum absolute atomic E-state index is 12.3. The smallest absolute Gasteiger partial charge is 0.321 e. The molecule has 2 fully saturated rings. The second kappa shape index (κ2) is 7.70. The van der Waals surface area contributed by atoms with Gasteiger partial charge in [0.15, 0.2) is 9.84 Å². The Hall–Kier alpha value is -1.02. The third kappa shape index (κ3) is 5.00. The van der Waals surface area contributed by atoms with E-state index in [0.29, 0.717) is 35.2 Å². The number of rotatable bonds is 3. The quantitative estimate of drug-likeness (QED) is 0.809. The Morgan fingerprint density at radius 3 is 2.40 bits per heavy atom. The summed E-state index contributed by atoms with van der Waals surface area (Å²) in [5, 5.41) is 7.09. The third-order valence-corrected chi connectivity index (χ3v) is 7.16. The second-order valence-corrected chi connectivity index (χ2v) is 9.63. The number of hydrogen-bond acceptors (Lipinski definition) is 4. The van der Waals surface area contributed by atoms with Crippen LogP contribution in [-0.2, 0) is 9.84 Å². The van der Waals surface area contributed by atoms with Gasteiger partial charge in [0.2, 0.25) is 0 Å². The van der Waals surface area contributed by atoms with Crippen molar-refractivity contribution >= 4 is 44.8 Å². The highest BCUT2D eigenvalue weighted by atomic mass is 35.5. The first-order valence-corrected chi connectivity index (χ1v) is 10.9. The summed E-state index contributed by atoms with van der Waals surface area (Å²) < 4.78 is 23.0. The number of anilines is 1. The first kappa shape index (κ1) is 18.8. The van der Waals surface area contributed by atoms with E-state index in [-0.39, 0.29) is 29.6 Å². The van der Waals surface area contributed by atoms with Crippen LogP contribution < -0.4 is 10.6 Å². The van der Waals surface area contributed by atoms with Gasteiger partial charge in [-0.15, -0.1) is 0 Å². The molecule has 2 N–H and O–H groups in total. The van der Waals surface area contributed by atoms with Gasteiger partial charge in [-0.3, -0.25) is 0 Å². The van der Waals surface area contributed by atoms with E-state index < -0.39 is 9.84 Å². The molecule has 1 atom stereocenters. The van der Waals surface area contributed by atoms with Gasteiger partial charge in [0.05, 0.1) is 21.6 Å². The number of urea groups is 1. The van der Waals surface area contributed by atoms with E-state index in [1.807, 2.05) is 0 Å². The lowest BCUT2D eigenvalue weighted by Gasteiger charge is -2.33. The lowest BCUT2D eigenvalue weighted by Crippen LogP contribution is -2.49. The minimum absolute atomic E-state index is 0.0478. The molecule has 2 aliphatic rings. The summed E-state index contributed by atoms with van der Waals surface area (Å²) in [5.74, 6) is 0.501. The zero-order chi connectivity index (χ0) is 18.0. The summed E-state index contributed by atoms with van der Waals surface area (Å²) >= 11 is 11.8. The van der Waals surface area contributed by atoms with Crippen LogP contribution in [0.3, 0.4) is 0 Å². The fourth-order valence-corrected chi connectivity index (χ4v) is 5.27. The molecule has 0 saturated carbocycles. The number of carbonyl (C=O) groups excluding carboxylic acids is 1. The van der Waals surface area contributed by atoms with E-state index >= 15 is 0 Å². The molecule has 1 aromatic carbocycles. The predicted molar refractivity (Wildman–Crippen MR) is 100 cm³/mol. The van der Waals surface area contributed by atoms with Gasteiger partial charge in [-0.2, -0.15) is 0 Å². The molecule has 2 amide bonds. The normalized spacial score (nSPS) is 23.6. The molecular weight excluding hydrogens is 385 g/mol. The van der Waals surface area contributed by atoms with Crippen molar-refractivity contribution in [3.05, 3.63) is 28.2 Å². The average molecular weight is 406 g/mol. The number of likely N-dealkylation sites (tertiary alicyclic amines) is 1. The molecule has 2 heterocycles. The van der Waals surface area contributed by atoms with Gasteiger partial charge < -0.3 is 15.5 Å². The zero-order valence-electron chi connectivity index (χ0n) is 13.7. The van der Waals surface area contributed by atoms with Crippen molar-refractivity contribution in [3.8, 4) is 0 Å². The molecule has 1 aromatic rings. The van der Waals surface area contributed by atoms with E-state index in [9.17, 15) is 13.2 Å². The van der Waals surface area contributed by atoms with E-state index in [1.54, 1.807) is 23.1 Å². The van der Waals surface area contributed by atoms with Crippen molar-refractivity contribution in [3.63, 3.8) is 0 Å². The molecule has 25 heavy (non-hydrogen) atoms. The van der Waals surface area contributed by atoms with Crippen LogP contribution in [0.25, 0.3) is 0 Å². The van der Waals surface area contributed by atoms with Gasteiger partial charge >= 0.3 is 6.03 Å². The summed E-state index contributed by atoms with van der Waals surface area (Å²) in [5.41, 5.74) is 0.607. The fourth-order valence-electron chi connectivity index (χ4n) is 3.29. The highest BCUT2D eigenvalue weighted by Gasteiger charge is 2.31. The number of sulfone groups is 1. The molecule has 0 radical (unpaired) electrons. The van der Waals surface area contributed by atoms with E-state index in [0.717, 1.165) is 12.8 Å². The molecule has 0 unspecified atom stereocenters. The van der Waals surface area contributed by atoms with Crippen molar-refractivity contribution in [2.45, 2.75) is 31.3 Å². The number of hydrogen-bond donors (Lipinski definition) is 2. The largest absolute Gasteiger partial charge is 0.324 e. The van der Waals surface area contributed by atoms with Gasteiger partial charge in [-0.05, 0) is 37.5 Å². The van der Waals surface area contributed by atoms with Crippen LogP contribution in [-0.4, -0.2) is 56.0 Å². The second-order valence-electron chi connectivity index (χ2n) is 6.59. The topological polar surface area (TPSA) is 78.5 Å². The van der Waals surface area contributed by atoms with Gasteiger partial charge in [-0.1, -0.05) is 23.2 Å². The molecule has 9 heteroatoms. The third-order valence-electron chi connectivity index (χ3n) is 4.66. The maximum Gasteiger partial charge on any atom is 0.321 e. The molecule has 138 valence electrons. The zero-order valence-corrected chi connectivity index (χ0v) is 16.0. The van der Waals surface area contributed by atoms with Crippen molar-refractivity contribution in [2.75, 3.05) is 29.9 Å². The number of amides is 2. The number of nitrogens with one attached hydrogen (secondary N) is 2. The molecular formula is C16H21Cl2N3O3S. The van der Waals surface area contributed by atoms with Crippen molar-refractivity contribution in [1.82, 2.24) is 10.2 Å². The molecule has 0 aliphatic carbocycles. The lowest BCUT2D eigenvalue weighted by atomic mass is 10.0. The van der Waals surface area contributed by atoms with Crippen LogP contribution in [0.4, 0.5) is 10.5 Å². The number of piperidine rings is 1. The Balaban J connectivity index is 1.46. The highest BCUT2D eigenvalue weighted by molar-refractivity contribution is 7.91. The summed E-state index contributed by atoms with van der Waals surface area (Å²) in [6.45, 7) is 1.26. The molecule has 6 nitrogen and oxygen atoms in total. The first-order chi connectivity index (χ1) is 11.8. The van der Waals surface area contributed by atoms with Gasteiger partial charge in [0.1, 0.15) is 0 Å². The first-order valence-electron chi connectivity index (χ1n) is 8.30. The number of halogens is 2. The maximum atomic E-state index is 12.3. The Labute approximate surface area is 157 Å². The van der Waals surface area contributed by atoms with Gasteiger partial charge in [0.25, 0.3) is 0 Å². The van der Waals surface area contributed by atoms with Gasteiger partial charge in [-0.25, -0.2) is 13.2 Å². The van der Waals surface area contributed by atoms with E-state index in [1.165, 1.54) is 0 Å². The predicted octanol–water partition coefficient (Wildman–Crippen LogP) is 2.77. The van der Waals surface area contributed by atoms with Gasteiger partial charge in [0, 0.05) is 30.9 Å². The van der Waals surface area contributed by atoms with E-state index in [2.05, 4.69) is 10.6 Å². The Morgan fingerprint density at radius 1 is 1.08 bits per heavy atom. The molecule has 3 rings (SSSR count). The standard InChI is InChI=1S/C16H21Cl2N3O3S/c17-14-2-1-12(9-15(14)18)20-16(22)21-6-3-11(4-7-21)19-13-5-8-25(23,24)10-13/h1-2,9,11,13,19H,3-8,10H2,(H,20,22)/t13-/m0/s1. The molecule has 2 aliphatic heterocycles. The number of carbonyl (C=O) groups is 1. The van der Waals surface area contributed by atoms with E-state index in [4.69, 9.17) is 23.2 Å². The van der Waals surface area contributed by atoms with Crippen LogP contribution >= 0.6 is 23.2 Å². The summed E-state index contributed by atoms with van der Waals surface area (Å²) in [7, 11) is -2.87. The van der Waals surface area contributed by atoms with Crippen LogP contribution in [0.15, 0.2) is 18.2 Å². The number of benzene rings is 1. The summed E-state index contributed by atoms with van der Waals surface area (Å²) in [6, 6.07) is 5.11. The summed E-state index contributed by atoms with van der Waals surface area (Å²) in [4.78, 5) is 14.1. The SMILES string of the molecule is O=C(Nc1ccc(Cl)c(Cl)c1)N1CCC(N[C@H]2CCS(=O)(=O)C2)CC1. The Morgan fingerprint density at radius 2 is 1.80 bits per heavy atom. The van der Waals surface area contributed by atoms with Crippen LogP contribution in [0.5, 0.6) is 0 Å². The monoisotopic (exact) mass is 405 g/mol. The van der Waals surface area contributed by atoms with Crippen LogP contribution in [0, 0.1) is 0 Å². The fraction of sp³-hybridized carbons (Fsp3) is 0.562. The molecule has 0 bridgehead atoms. The number of nitrogens with zero attached hydrogens (tertiary/aromatic N) is 1. The van der Waals surface area contributed by atoms with Crippen molar-refractivity contribution in [1.29, 1.82) is 0 Å². The van der Waals surface area contributed by atoms with Crippen LogP contribution in [0.2, 0.25) is 10.0 Å². The lowest BCUT2D eigenvalue weighted by molar-refractivity contribution is 0.186. The Bertz CT molecular complexity index is 749. The minimum atomic E-state index is -2.87. The minimum Gasteiger partial charge on any atom is -0.324 e. The average Bonchev–Trinajstić information content (AvgIpc) is 2.90. The summed E-state index contributed by atoms with van der Waals surface area (Å²) in [6.07, 6.45) is 2.30. The van der Waals surface area contributed by atoms with Crippen LogP contribution in [0.1, 0.15) is 19.3 Å². The Kier molecular flexibility index (Phi) is 5.78.